The van der Waals surface area contributed by atoms with Gasteiger partial charge in [0.15, 0.2) is 5.95 Å². The fourth-order valence-electron chi connectivity index (χ4n) is 2.11. The molecule has 5 heteroatoms. The largest absolute Gasteiger partial charge is 0.369 e. The summed E-state index contributed by atoms with van der Waals surface area (Å²) in [5, 5.41) is 2.88. The topological polar surface area (TPSA) is 83.8 Å². The number of hydrogen-bond donors (Lipinski definition) is 3. The van der Waals surface area contributed by atoms with Crippen molar-refractivity contribution in [3.63, 3.8) is 0 Å². The summed E-state index contributed by atoms with van der Waals surface area (Å²) in [4.78, 5) is 19.3. The summed E-state index contributed by atoms with van der Waals surface area (Å²) in [6.07, 6.45) is 0. The molecule has 0 bridgehead atoms. The second-order valence-corrected chi connectivity index (χ2v) is 4.49. The number of amides is 1. The van der Waals surface area contributed by atoms with Gasteiger partial charge in [0, 0.05) is 6.54 Å². The van der Waals surface area contributed by atoms with Crippen LogP contribution >= 0.6 is 0 Å². The molecule has 100 valence electrons. The van der Waals surface area contributed by atoms with E-state index in [2.05, 4.69) is 15.3 Å². The lowest BCUT2D eigenvalue weighted by atomic mass is 10.1. The van der Waals surface area contributed by atoms with Crippen LogP contribution in [-0.4, -0.2) is 15.9 Å². The molecule has 0 unspecified atom stereocenters. The third kappa shape index (κ3) is 2.33. The standard InChI is InChI=1S/C15H14N4O/c16-15-18-12-8-4-7-11(13(12)19-15)14(20)17-9-10-5-2-1-3-6-10/h1-8H,9H2,(H,17,20)(H3,16,18,19). The van der Waals surface area contributed by atoms with Crippen LogP contribution < -0.4 is 11.1 Å². The summed E-state index contributed by atoms with van der Waals surface area (Å²) < 4.78 is 0. The van der Waals surface area contributed by atoms with Gasteiger partial charge in [0.1, 0.15) is 5.52 Å². The first-order valence-corrected chi connectivity index (χ1v) is 6.30. The van der Waals surface area contributed by atoms with E-state index in [9.17, 15) is 4.79 Å². The van der Waals surface area contributed by atoms with E-state index in [1.807, 2.05) is 36.4 Å². The number of nitrogen functional groups attached to an aromatic ring is 1. The minimum Gasteiger partial charge on any atom is -0.369 e. The molecule has 0 aliphatic rings. The Labute approximate surface area is 115 Å². The number of nitrogens with zero attached hydrogens (tertiary/aromatic N) is 1. The van der Waals surface area contributed by atoms with E-state index in [1.54, 1.807) is 12.1 Å². The van der Waals surface area contributed by atoms with Gasteiger partial charge in [-0.3, -0.25) is 4.79 Å². The molecule has 0 saturated carbocycles. The number of nitrogens with two attached hydrogens (primary N) is 1. The minimum atomic E-state index is -0.161. The molecule has 3 rings (SSSR count). The predicted octanol–water partition coefficient (Wildman–Crippen LogP) is 2.08. The summed E-state index contributed by atoms with van der Waals surface area (Å²) in [5.41, 5.74) is 8.55. The number of aromatic amines is 1. The Morgan fingerprint density at radius 2 is 1.95 bits per heavy atom. The van der Waals surface area contributed by atoms with Gasteiger partial charge in [-0.25, -0.2) is 4.98 Å². The molecular weight excluding hydrogens is 252 g/mol. The number of benzene rings is 2. The van der Waals surface area contributed by atoms with E-state index in [-0.39, 0.29) is 5.91 Å². The van der Waals surface area contributed by atoms with E-state index < -0.39 is 0 Å². The molecule has 0 aliphatic heterocycles. The third-order valence-corrected chi connectivity index (χ3v) is 3.07. The number of imidazole rings is 1. The van der Waals surface area contributed by atoms with E-state index in [0.29, 0.717) is 23.6 Å². The zero-order valence-electron chi connectivity index (χ0n) is 10.8. The monoisotopic (exact) mass is 266 g/mol. The Hall–Kier alpha value is -2.82. The number of anilines is 1. The van der Waals surface area contributed by atoms with Crippen molar-refractivity contribution < 1.29 is 4.79 Å². The highest BCUT2D eigenvalue weighted by atomic mass is 16.1. The van der Waals surface area contributed by atoms with Crippen molar-refractivity contribution in [2.45, 2.75) is 6.54 Å². The van der Waals surface area contributed by atoms with Crippen LogP contribution in [-0.2, 0) is 6.54 Å². The summed E-state index contributed by atoms with van der Waals surface area (Å²) >= 11 is 0. The van der Waals surface area contributed by atoms with Crippen molar-refractivity contribution in [1.82, 2.24) is 15.3 Å². The van der Waals surface area contributed by atoms with E-state index in [0.717, 1.165) is 11.1 Å². The Bertz CT molecular complexity index is 749. The van der Waals surface area contributed by atoms with Gasteiger partial charge in [-0.2, -0.15) is 0 Å². The fraction of sp³-hybridized carbons (Fsp3) is 0.0667. The summed E-state index contributed by atoms with van der Waals surface area (Å²) in [6.45, 7) is 0.482. The van der Waals surface area contributed by atoms with Gasteiger partial charge >= 0.3 is 0 Å². The maximum atomic E-state index is 12.2. The number of fused-ring (bicyclic) bond motifs is 1. The Morgan fingerprint density at radius 3 is 2.75 bits per heavy atom. The Balaban J connectivity index is 1.82. The van der Waals surface area contributed by atoms with Gasteiger partial charge in [0.05, 0.1) is 11.1 Å². The average molecular weight is 266 g/mol. The van der Waals surface area contributed by atoms with Crippen molar-refractivity contribution in [2.24, 2.45) is 0 Å². The molecule has 1 aromatic heterocycles. The van der Waals surface area contributed by atoms with Crippen molar-refractivity contribution in [2.75, 3.05) is 5.73 Å². The molecule has 0 aliphatic carbocycles. The highest BCUT2D eigenvalue weighted by molar-refractivity contribution is 6.05. The van der Waals surface area contributed by atoms with E-state index in [4.69, 9.17) is 5.73 Å². The molecule has 3 aromatic rings. The number of nitrogens with one attached hydrogen (secondary N) is 2. The molecule has 1 amide bonds. The van der Waals surface area contributed by atoms with Gasteiger partial charge in [0.2, 0.25) is 0 Å². The molecule has 0 radical (unpaired) electrons. The third-order valence-electron chi connectivity index (χ3n) is 3.07. The van der Waals surface area contributed by atoms with Crippen LogP contribution in [0.3, 0.4) is 0 Å². The van der Waals surface area contributed by atoms with Crippen molar-refractivity contribution in [1.29, 1.82) is 0 Å². The number of aromatic nitrogens is 2. The van der Waals surface area contributed by atoms with Crippen LogP contribution in [0.2, 0.25) is 0 Å². The quantitative estimate of drug-likeness (QED) is 0.678. The number of carbonyl (C=O) groups is 1. The fourth-order valence-corrected chi connectivity index (χ4v) is 2.11. The lowest BCUT2D eigenvalue weighted by Gasteiger charge is -2.05. The first-order chi connectivity index (χ1) is 9.74. The van der Waals surface area contributed by atoms with Crippen LogP contribution in [0.25, 0.3) is 11.0 Å². The molecule has 4 N–H and O–H groups in total. The van der Waals surface area contributed by atoms with Crippen LogP contribution in [0.4, 0.5) is 5.95 Å². The highest BCUT2D eigenvalue weighted by Gasteiger charge is 2.12. The van der Waals surface area contributed by atoms with Crippen LogP contribution in [0, 0.1) is 0 Å². The normalized spacial score (nSPS) is 10.6. The predicted molar refractivity (Wildman–Crippen MR) is 78.1 cm³/mol. The summed E-state index contributed by atoms with van der Waals surface area (Å²) in [7, 11) is 0. The van der Waals surface area contributed by atoms with Crippen molar-refractivity contribution in [3.05, 3.63) is 59.7 Å². The molecule has 1 heterocycles. The van der Waals surface area contributed by atoms with Gasteiger partial charge in [0.25, 0.3) is 5.91 Å². The first kappa shape index (κ1) is 12.2. The van der Waals surface area contributed by atoms with Crippen LogP contribution in [0.1, 0.15) is 15.9 Å². The second kappa shape index (κ2) is 5.05. The van der Waals surface area contributed by atoms with Crippen LogP contribution in [0.15, 0.2) is 48.5 Å². The maximum absolute atomic E-state index is 12.2. The Morgan fingerprint density at radius 1 is 1.15 bits per heavy atom. The van der Waals surface area contributed by atoms with Crippen LogP contribution in [0.5, 0.6) is 0 Å². The zero-order chi connectivity index (χ0) is 13.9. The first-order valence-electron chi connectivity index (χ1n) is 6.30. The molecular formula is C15H14N4O. The van der Waals surface area contributed by atoms with E-state index >= 15 is 0 Å². The number of para-hydroxylation sites is 1. The smallest absolute Gasteiger partial charge is 0.253 e. The maximum Gasteiger partial charge on any atom is 0.253 e. The lowest BCUT2D eigenvalue weighted by molar-refractivity contribution is 0.0952. The molecule has 5 nitrogen and oxygen atoms in total. The molecule has 0 atom stereocenters. The molecule has 0 spiro atoms. The summed E-state index contributed by atoms with van der Waals surface area (Å²) in [5.74, 6) is 0.147. The summed E-state index contributed by atoms with van der Waals surface area (Å²) in [6, 6.07) is 15.1. The number of H-pyrrole nitrogens is 1. The second-order valence-electron chi connectivity index (χ2n) is 4.49. The highest BCUT2D eigenvalue weighted by Crippen LogP contribution is 2.17. The number of hydrogen-bond acceptors (Lipinski definition) is 3. The van der Waals surface area contributed by atoms with Gasteiger partial charge in [-0.05, 0) is 17.7 Å². The number of carbonyl (C=O) groups excluding carboxylic acids is 1. The van der Waals surface area contributed by atoms with Crippen molar-refractivity contribution in [3.8, 4) is 0 Å². The molecule has 0 fully saturated rings. The van der Waals surface area contributed by atoms with E-state index in [1.165, 1.54) is 0 Å². The lowest BCUT2D eigenvalue weighted by Crippen LogP contribution is -2.23. The Kier molecular flexibility index (Phi) is 3.09. The molecule has 0 saturated heterocycles. The average Bonchev–Trinajstić information content (AvgIpc) is 2.85. The minimum absolute atomic E-state index is 0.161. The number of rotatable bonds is 3. The molecule has 2 aromatic carbocycles. The zero-order valence-corrected chi connectivity index (χ0v) is 10.8. The SMILES string of the molecule is Nc1nc2c(C(=O)NCc3ccccc3)cccc2[nH]1. The molecule has 20 heavy (non-hydrogen) atoms. The van der Waals surface area contributed by atoms with Gasteiger partial charge < -0.3 is 16.0 Å². The van der Waals surface area contributed by atoms with Gasteiger partial charge in [-0.1, -0.05) is 36.4 Å². The van der Waals surface area contributed by atoms with Crippen molar-refractivity contribution >= 4 is 22.9 Å². The van der Waals surface area contributed by atoms with Gasteiger partial charge in [-0.15, -0.1) is 0 Å².